The second kappa shape index (κ2) is 5.83. The van der Waals surface area contributed by atoms with E-state index in [1.807, 2.05) is 0 Å². The smallest absolute Gasteiger partial charge is 0.360 e. The molecule has 0 amide bonds. The molecule has 0 N–H and O–H groups in total. The van der Waals surface area contributed by atoms with Gasteiger partial charge in [-0.2, -0.15) is 9.90 Å². The molecule has 0 aliphatic carbocycles. The normalized spacial score (nSPS) is 10.3. The van der Waals surface area contributed by atoms with Crippen LogP contribution in [0.1, 0.15) is 16.2 Å². The second-order valence-corrected chi connectivity index (χ2v) is 4.17. The first-order valence-corrected chi connectivity index (χ1v) is 6.56. The molecule has 0 saturated heterocycles. The number of carbonyl (C=O) groups excluding carboxylic acids is 1. The van der Waals surface area contributed by atoms with Crippen LogP contribution in [0.3, 0.4) is 0 Å². The molecule has 1 aromatic carbocycles. The summed E-state index contributed by atoms with van der Waals surface area (Å²) in [5.74, 6) is 0.235. The minimum Gasteiger partial charge on any atom is -0.497 e. The van der Waals surface area contributed by atoms with Crippen molar-refractivity contribution in [1.82, 2.24) is 15.0 Å². The first-order chi connectivity index (χ1) is 9.19. The molecule has 6 nitrogen and oxygen atoms in total. The number of halogens is 1. The summed E-state index contributed by atoms with van der Waals surface area (Å²) in [6.45, 7) is 0. The number of alkyl halides is 1. The zero-order valence-corrected chi connectivity index (χ0v) is 12.0. The standard InChI is InChI=1S/C12H12BrN3O3/c1-18-9-5-3-8(4-6-9)16-14-10(7-13)11(15-16)12(17)19-2/h3-6H,7H2,1-2H3. The van der Waals surface area contributed by atoms with Crippen molar-refractivity contribution in [1.29, 1.82) is 0 Å². The summed E-state index contributed by atoms with van der Waals surface area (Å²) in [5, 5.41) is 8.80. The largest absolute Gasteiger partial charge is 0.497 e. The Morgan fingerprint density at radius 1 is 1.26 bits per heavy atom. The molecular formula is C12H12BrN3O3. The fourth-order valence-corrected chi connectivity index (χ4v) is 1.89. The molecule has 0 bridgehead atoms. The molecule has 100 valence electrons. The highest BCUT2D eigenvalue weighted by Gasteiger charge is 2.18. The van der Waals surface area contributed by atoms with Gasteiger partial charge in [-0.25, -0.2) is 4.79 Å². The van der Waals surface area contributed by atoms with Crippen LogP contribution < -0.4 is 4.74 Å². The summed E-state index contributed by atoms with van der Waals surface area (Å²) in [6, 6.07) is 7.20. The van der Waals surface area contributed by atoms with Crippen molar-refractivity contribution in [2.45, 2.75) is 5.33 Å². The monoisotopic (exact) mass is 325 g/mol. The van der Waals surface area contributed by atoms with Crippen LogP contribution in [0.5, 0.6) is 5.75 Å². The molecule has 2 aromatic rings. The van der Waals surface area contributed by atoms with Gasteiger partial charge in [0.25, 0.3) is 0 Å². The van der Waals surface area contributed by atoms with Gasteiger partial charge in [0.1, 0.15) is 11.4 Å². The van der Waals surface area contributed by atoms with Crippen LogP contribution in [0.4, 0.5) is 0 Å². The number of benzene rings is 1. The topological polar surface area (TPSA) is 66.2 Å². The van der Waals surface area contributed by atoms with Crippen LogP contribution in [0, 0.1) is 0 Å². The summed E-state index contributed by atoms with van der Waals surface area (Å²) in [6.07, 6.45) is 0. The van der Waals surface area contributed by atoms with E-state index in [0.29, 0.717) is 11.0 Å². The highest BCUT2D eigenvalue weighted by Crippen LogP contribution is 2.16. The second-order valence-electron chi connectivity index (χ2n) is 3.61. The minimum absolute atomic E-state index is 0.204. The van der Waals surface area contributed by atoms with Gasteiger partial charge in [0.05, 0.1) is 25.2 Å². The lowest BCUT2D eigenvalue weighted by Gasteiger charge is -2.01. The van der Waals surface area contributed by atoms with Gasteiger partial charge in [-0.15, -0.1) is 5.10 Å². The molecule has 1 aromatic heterocycles. The number of aromatic nitrogens is 3. The average molecular weight is 326 g/mol. The summed E-state index contributed by atoms with van der Waals surface area (Å²) >= 11 is 3.27. The maximum Gasteiger partial charge on any atom is 0.360 e. The van der Waals surface area contributed by atoms with E-state index in [-0.39, 0.29) is 5.69 Å². The summed E-state index contributed by atoms with van der Waals surface area (Å²) in [4.78, 5) is 13.0. The van der Waals surface area contributed by atoms with Crippen LogP contribution >= 0.6 is 15.9 Å². The van der Waals surface area contributed by atoms with Crippen LogP contribution in [0.25, 0.3) is 5.69 Å². The zero-order valence-electron chi connectivity index (χ0n) is 10.5. The van der Waals surface area contributed by atoms with E-state index in [1.165, 1.54) is 11.9 Å². The van der Waals surface area contributed by atoms with E-state index in [2.05, 4.69) is 30.9 Å². The lowest BCUT2D eigenvalue weighted by molar-refractivity contribution is 0.0592. The van der Waals surface area contributed by atoms with Crippen LogP contribution in [0.2, 0.25) is 0 Å². The van der Waals surface area contributed by atoms with Crippen molar-refractivity contribution < 1.29 is 14.3 Å². The first kappa shape index (κ1) is 13.5. The van der Waals surface area contributed by atoms with Crippen molar-refractivity contribution in [3.63, 3.8) is 0 Å². The molecule has 1 heterocycles. The highest BCUT2D eigenvalue weighted by molar-refractivity contribution is 9.08. The summed E-state index contributed by atoms with van der Waals surface area (Å²) in [7, 11) is 2.91. The van der Waals surface area contributed by atoms with Gasteiger partial charge in [-0.1, -0.05) is 15.9 Å². The third-order valence-electron chi connectivity index (χ3n) is 2.49. The van der Waals surface area contributed by atoms with Gasteiger partial charge >= 0.3 is 5.97 Å². The van der Waals surface area contributed by atoms with Gasteiger partial charge in [0.15, 0.2) is 5.69 Å². The summed E-state index contributed by atoms with van der Waals surface area (Å²) < 4.78 is 9.75. The maximum absolute atomic E-state index is 11.6. The molecule has 0 aliphatic rings. The third-order valence-corrected chi connectivity index (χ3v) is 3.02. The Kier molecular flexibility index (Phi) is 4.16. The van der Waals surface area contributed by atoms with E-state index in [4.69, 9.17) is 4.74 Å². The molecule has 0 spiro atoms. The number of hydrogen-bond acceptors (Lipinski definition) is 5. The Labute approximate surface area is 118 Å². The Morgan fingerprint density at radius 2 is 1.95 bits per heavy atom. The highest BCUT2D eigenvalue weighted by atomic mass is 79.9. The lowest BCUT2D eigenvalue weighted by atomic mass is 10.3. The molecule has 7 heteroatoms. The molecular weight excluding hydrogens is 314 g/mol. The maximum atomic E-state index is 11.6. The van der Waals surface area contributed by atoms with E-state index < -0.39 is 5.97 Å². The Bertz CT molecular complexity index is 580. The predicted octanol–water partition coefficient (Wildman–Crippen LogP) is 1.96. The molecule has 0 radical (unpaired) electrons. The Hall–Kier alpha value is -1.89. The van der Waals surface area contributed by atoms with E-state index >= 15 is 0 Å². The quantitative estimate of drug-likeness (QED) is 0.635. The number of rotatable bonds is 4. The van der Waals surface area contributed by atoms with E-state index in [0.717, 1.165) is 11.4 Å². The molecule has 2 rings (SSSR count). The number of nitrogens with zero attached hydrogens (tertiary/aromatic N) is 3. The number of hydrogen-bond donors (Lipinski definition) is 0. The van der Waals surface area contributed by atoms with Crippen LogP contribution in [-0.2, 0) is 10.1 Å². The van der Waals surface area contributed by atoms with Crippen molar-refractivity contribution in [2.24, 2.45) is 0 Å². The molecule has 0 saturated carbocycles. The molecule has 19 heavy (non-hydrogen) atoms. The minimum atomic E-state index is -0.505. The lowest BCUT2D eigenvalue weighted by Crippen LogP contribution is -2.05. The first-order valence-electron chi connectivity index (χ1n) is 5.44. The van der Waals surface area contributed by atoms with Gasteiger partial charge in [-0.3, -0.25) is 0 Å². The Balaban J connectivity index is 2.39. The summed E-state index contributed by atoms with van der Waals surface area (Å²) in [5.41, 5.74) is 1.47. The molecule has 0 fully saturated rings. The van der Waals surface area contributed by atoms with Gasteiger partial charge < -0.3 is 9.47 Å². The van der Waals surface area contributed by atoms with Crippen molar-refractivity contribution in [3.05, 3.63) is 35.7 Å². The Morgan fingerprint density at radius 3 is 2.47 bits per heavy atom. The van der Waals surface area contributed by atoms with E-state index in [1.54, 1.807) is 31.4 Å². The SMILES string of the molecule is COC(=O)c1nn(-c2ccc(OC)cc2)nc1CBr. The van der Waals surface area contributed by atoms with Crippen LogP contribution in [-0.4, -0.2) is 35.2 Å². The molecule has 0 atom stereocenters. The van der Waals surface area contributed by atoms with Crippen molar-refractivity contribution in [3.8, 4) is 11.4 Å². The van der Waals surface area contributed by atoms with Crippen molar-refractivity contribution in [2.75, 3.05) is 14.2 Å². The number of esters is 1. The van der Waals surface area contributed by atoms with Gasteiger partial charge in [-0.05, 0) is 24.3 Å². The van der Waals surface area contributed by atoms with Gasteiger partial charge in [0, 0.05) is 0 Å². The fraction of sp³-hybridized carbons (Fsp3) is 0.250. The number of methoxy groups -OCH3 is 2. The van der Waals surface area contributed by atoms with E-state index in [9.17, 15) is 4.79 Å². The van der Waals surface area contributed by atoms with Gasteiger partial charge in [0.2, 0.25) is 0 Å². The molecule has 0 unspecified atom stereocenters. The average Bonchev–Trinajstić information content (AvgIpc) is 2.90. The van der Waals surface area contributed by atoms with Crippen LogP contribution in [0.15, 0.2) is 24.3 Å². The van der Waals surface area contributed by atoms with Crippen molar-refractivity contribution >= 4 is 21.9 Å². The predicted molar refractivity (Wildman–Crippen MR) is 71.9 cm³/mol. The molecule has 0 aliphatic heterocycles. The third kappa shape index (κ3) is 2.76. The number of ether oxygens (including phenoxy) is 2. The number of carbonyl (C=O) groups is 1. The zero-order chi connectivity index (χ0) is 13.8. The fourth-order valence-electron chi connectivity index (χ4n) is 1.51.